The lowest BCUT2D eigenvalue weighted by atomic mass is 9.82. The molecular weight excluding hydrogens is 292 g/mol. The van der Waals surface area contributed by atoms with Gasteiger partial charge in [0.2, 0.25) is 11.8 Å². The van der Waals surface area contributed by atoms with Crippen molar-refractivity contribution in [1.82, 2.24) is 9.80 Å². The van der Waals surface area contributed by atoms with Crippen LogP contribution in [-0.4, -0.2) is 53.1 Å². The van der Waals surface area contributed by atoms with Gasteiger partial charge in [-0.25, -0.2) is 0 Å². The average Bonchev–Trinajstić information content (AvgIpc) is 3.14. The Morgan fingerprint density at radius 2 is 1.57 bits per heavy atom. The van der Waals surface area contributed by atoms with E-state index in [4.69, 9.17) is 4.74 Å². The number of nitrogens with zero attached hydrogens (tertiary/aromatic N) is 2. The first-order chi connectivity index (χ1) is 11.2. The summed E-state index contributed by atoms with van der Waals surface area (Å²) in [7, 11) is 0. The molecule has 0 aromatic heterocycles. The van der Waals surface area contributed by atoms with Crippen molar-refractivity contribution in [2.75, 3.05) is 19.7 Å². The largest absolute Gasteiger partial charge is 0.353 e. The zero-order chi connectivity index (χ0) is 15.9. The zero-order valence-corrected chi connectivity index (χ0v) is 14.0. The molecule has 5 nitrogen and oxygen atoms in total. The lowest BCUT2D eigenvalue weighted by molar-refractivity contribution is -0.167. The normalized spacial score (nSPS) is 30.7. The highest BCUT2D eigenvalue weighted by Gasteiger charge is 2.54. The number of rotatable bonds is 2. The van der Waals surface area contributed by atoms with E-state index in [0.29, 0.717) is 6.61 Å². The van der Waals surface area contributed by atoms with Crippen molar-refractivity contribution in [2.24, 2.45) is 5.92 Å². The van der Waals surface area contributed by atoms with Gasteiger partial charge in [0.15, 0.2) is 0 Å². The zero-order valence-electron chi connectivity index (χ0n) is 14.0. The highest BCUT2D eigenvalue weighted by molar-refractivity contribution is 5.90. The SMILES string of the molecule is O=C(C1COC2(CCCCC2)N1C(=O)C1CCC1)N1CCCC1. The molecule has 1 spiro atoms. The van der Waals surface area contributed by atoms with Crippen LogP contribution in [0.4, 0.5) is 0 Å². The van der Waals surface area contributed by atoms with E-state index >= 15 is 0 Å². The molecule has 23 heavy (non-hydrogen) atoms. The number of carbonyl (C=O) groups excluding carboxylic acids is 2. The Morgan fingerprint density at radius 3 is 2.17 bits per heavy atom. The molecule has 1 atom stereocenters. The molecule has 0 aromatic carbocycles. The Hall–Kier alpha value is -1.10. The van der Waals surface area contributed by atoms with Crippen molar-refractivity contribution in [3.8, 4) is 0 Å². The maximum Gasteiger partial charge on any atom is 0.247 e. The van der Waals surface area contributed by atoms with Crippen molar-refractivity contribution in [3.63, 3.8) is 0 Å². The van der Waals surface area contributed by atoms with Crippen LogP contribution < -0.4 is 0 Å². The fraction of sp³-hybridized carbons (Fsp3) is 0.889. The fourth-order valence-corrected chi connectivity index (χ4v) is 4.69. The molecule has 0 radical (unpaired) electrons. The molecule has 2 amide bonds. The predicted molar refractivity (Wildman–Crippen MR) is 85.6 cm³/mol. The van der Waals surface area contributed by atoms with Gasteiger partial charge < -0.3 is 9.64 Å². The number of hydrogen-bond donors (Lipinski definition) is 0. The van der Waals surface area contributed by atoms with Gasteiger partial charge in [0.25, 0.3) is 0 Å². The third kappa shape index (κ3) is 2.57. The molecule has 128 valence electrons. The number of likely N-dealkylation sites (tertiary alicyclic amines) is 1. The van der Waals surface area contributed by atoms with Crippen molar-refractivity contribution < 1.29 is 14.3 Å². The van der Waals surface area contributed by atoms with E-state index in [0.717, 1.165) is 70.9 Å². The molecule has 4 fully saturated rings. The van der Waals surface area contributed by atoms with Gasteiger partial charge in [-0.2, -0.15) is 0 Å². The smallest absolute Gasteiger partial charge is 0.247 e. The van der Waals surface area contributed by atoms with Crippen LogP contribution in [0.25, 0.3) is 0 Å². The van der Waals surface area contributed by atoms with Gasteiger partial charge in [-0.3, -0.25) is 14.5 Å². The van der Waals surface area contributed by atoms with Crippen LogP contribution in [0.2, 0.25) is 0 Å². The van der Waals surface area contributed by atoms with E-state index in [1.165, 1.54) is 6.42 Å². The Labute approximate surface area is 138 Å². The first-order valence-electron chi connectivity index (χ1n) is 9.47. The minimum Gasteiger partial charge on any atom is -0.353 e. The number of carbonyl (C=O) groups is 2. The van der Waals surface area contributed by atoms with Crippen LogP contribution in [0.5, 0.6) is 0 Å². The lowest BCUT2D eigenvalue weighted by Gasteiger charge is -2.44. The van der Waals surface area contributed by atoms with Gasteiger partial charge in [0, 0.05) is 19.0 Å². The summed E-state index contributed by atoms with van der Waals surface area (Å²) < 4.78 is 6.18. The third-order valence-electron chi connectivity index (χ3n) is 6.29. The topological polar surface area (TPSA) is 49.9 Å². The van der Waals surface area contributed by atoms with E-state index in [9.17, 15) is 9.59 Å². The summed E-state index contributed by atoms with van der Waals surface area (Å²) in [5.41, 5.74) is -0.481. The molecule has 0 N–H and O–H groups in total. The monoisotopic (exact) mass is 320 g/mol. The maximum absolute atomic E-state index is 13.1. The molecule has 1 unspecified atom stereocenters. The second kappa shape index (κ2) is 6.08. The van der Waals surface area contributed by atoms with Crippen molar-refractivity contribution in [2.45, 2.75) is 76.0 Å². The van der Waals surface area contributed by atoms with Crippen LogP contribution >= 0.6 is 0 Å². The number of hydrogen-bond acceptors (Lipinski definition) is 3. The molecule has 2 saturated heterocycles. The molecule has 0 bridgehead atoms. The highest BCUT2D eigenvalue weighted by atomic mass is 16.5. The highest BCUT2D eigenvalue weighted by Crippen LogP contribution is 2.43. The summed E-state index contributed by atoms with van der Waals surface area (Å²) in [5, 5.41) is 0. The van der Waals surface area contributed by atoms with Gasteiger partial charge in [-0.15, -0.1) is 0 Å². The minimum atomic E-state index is -0.481. The van der Waals surface area contributed by atoms with Gasteiger partial charge in [-0.05, 0) is 51.4 Å². The number of amides is 2. The first kappa shape index (κ1) is 15.4. The van der Waals surface area contributed by atoms with Crippen molar-refractivity contribution in [3.05, 3.63) is 0 Å². The van der Waals surface area contributed by atoms with Gasteiger partial charge in [0.05, 0.1) is 6.61 Å². The van der Waals surface area contributed by atoms with Crippen LogP contribution in [0.1, 0.15) is 64.2 Å². The molecule has 4 rings (SSSR count). The van der Waals surface area contributed by atoms with E-state index in [1.807, 2.05) is 9.80 Å². The van der Waals surface area contributed by atoms with E-state index in [-0.39, 0.29) is 23.8 Å². The fourth-order valence-electron chi connectivity index (χ4n) is 4.69. The van der Waals surface area contributed by atoms with Crippen molar-refractivity contribution in [1.29, 1.82) is 0 Å². The summed E-state index contributed by atoms with van der Waals surface area (Å²) in [6.45, 7) is 2.08. The quantitative estimate of drug-likeness (QED) is 0.784. The van der Waals surface area contributed by atoms with E-state index in [2.05, 4.69) is 0 Å². The van der Waals surface area contributed by atoms with Crippen LogP contribution in [-0.2, 0) is 14.3 Å². The van der Waals surface area contributed by atoms with Crippen LogP contribution in [0, 0.1) is 5.92 Å². The van der Waals surface area contributed by atoms with Crippen LogP contribution in [0.15, 0.2) is 0 Å². The molecule has 2 aliphatic heterocycles. The summed E-state index contributed by atoms with van der Waals surface area (Å²) in [4.78, 5) is 29.9. The lowest BCUT2D eigenvalue weighted by Crippen LogP contribution is -2.58. The van der Waals surface area contributed by atoms with Gasteiger partial charge in [0.1, 0.15) is 11.8 Å². The minimum absolute atomic E-state index is 0.123. The molecule has 5 heteroatoms. The second-order valence-corrected chi connectivity index (χ2v) is 7.70. The molecule has 2 saturated carbocycles. The Bertz CT molecular complexity index is 477. The summed E-state index contributed by atoms with van der Waals surface area (Å²) in [6, 6.07) is -0.376. The Morgan fingerprint density at radius 1 is 0.870 bits per heavy atom. The molecule has 0 aromatic rings. The first-order valence-corrected chi connectivity index (χ1v) is 9.47. The standard InChI is InChI=1S/C18H28N2O3/c21-16(14-7-6-8-14)20-15(17(22)19-11-4-5-12-19)13-23-18(20)9-2-1-3-10-18/h14-15H,1-13H2. The molecule has 2 heterocycles. The maximum atomic E-state index is 13.1. The third-order valence-corrected chi connectivity index (χ3v) is 6.29. The van der Waals surface area contributed by atoms with Crippen LogP contribution in [0.3, 0.4) is 0 Å². The van der Waals surface area contributed by atoms with E-state index < -0.39 is 5.72 Å². The summed E-state index contributed by atoms with van der Waals surface area (Å²) in [5.74, 6) is 0.440. The number of ether oxygens (including phenoxy) is 1. The second-order valence-electron chi connectivity index (χ2n) is 7.70. The average molecular weight is 320 g/mol. The van der Waals surface area contributed by atoms with Crippen molar-refractivity contribution >= 4 is 11.8 Å². The molecule has 2 aliphatic carbocycles. The van der Waals surface area contributed by atoms with Gasteiger partial charge in [-0.1, -0.05) is 12.8 Å². The van der Waals surface area contributed by atoms with E-state index in [1.54, 1.807) is 0 Å². The summed E-state index contributed by atoms with van der Waals surface area (Å²) in [6.07, 6.45) is 10.5. The summed E-state index contributed by atoms with van der Waals surface area (Å²) >= 11 is 0. The molecule has 4 aliphatic rings. The van der Waals surface area contributed by atoms with Gasteiger partial charge >= 0.3 is 0 Å². The molecular formula is C18H28N2O3. The Kier molecular flexibility index (Phi) is 4.08. The Balaban J connectivity index is 1.59. The predicted octanol–water partition coefficient (Wildman–Crippen LogP) is 2.30.